The summed E-state index contributed by atoms with van der Waals surface area (Å²) in [5.41, 5.74) is 1.85. The van der Waals surface area contributed by atoms with Gasteiger partial charge in [0.25, 0.3) is 0 Å². The van der Waals surface area contributed by atoms with Gasteiger partial charge < -0.3 is 5.11 Å². The summed E-state index contributed by atoms with van der Waals surface area (Å²) in [5, 5.41) is 10.7. The molecule has 4 rings (SSSR count). The third kappa shape index (κ3) is 1.79. The molecular weight excluding hydrogens is 272 g/mol. The highest BCUT2D eigenvalue weighted by Crippen LogP contribution is 2.65. The van der Waals surface area contributed by atoms with E-state index >= 15 is 0 Å². The molecule has 4 aliphatic rings. The van der Waals surface area contributed by atoms with Crippen molar-refractivity contribution in [1.29, 1.82) is 0 Å². The molecule has 0 saturated heterocycles. The van der Waals surface area contributed by atoms with Gasteiger partial charge in [-0.25, -0.2) is 0 Å². The molecule has 0 spiro atoms. The monoisotopic (exact) mass is 302 g/mol. The first kappa shape index (κ1) is 14.9. The van der Waals surface area contributed by atoms with E-state index in [1.807, 2.05) is 6.08 Å². The molecule has 0 aliphatic heterocycles. The fraction of sp³-hybridized carbons (Fsp3) is 0.850. The number of hydrogen-bond acceptors (Lipinski definition) is 2. The van der Waals surface area contributed by atoms with Crippen molar-refractivity contribution in [3.05, 3.63) is 11.6 Å². The van der Waals surface area contributed by atoms with Crippen molar-refractivity contribution in [2.24, 2.45) is 34.5 Å². The van der Waals surface area contributed by atoms with Crippen LogP contribution in [0.3, 0.4) is 0 Å². The Morgan fingerprint density at radius 1 is 1.14 bits per heavy atom. The molecule has 2 heteroatoms. The number of rotatable bonds is 0. The summed E-state index contributed by atoms with van der Waals surface area (Å²) in [6.45, 7) is 7.01. The van der Waals surface area contributed by atoms with Gasteiger partial charge in [0.1, 0.15) is 0 Å². The highest BCUT2D eigenvalue weighted by molar-refractivity contribution is 5.91. The zero-order chi connectivity index (χ0) is 15.7. The third-order valence-corrected chi connectivity index (χ3v) is 8.24. The van der Waals surface area contributed by atoms with Gasteiger partial charge in [0.2, 0.25) is 0 Å². The second-order valence-corrected chi connectivity index (χ2v) is 9.17. The summed E-state index contributed by atoms with van der Waals surface area (Å²) < 4.78 is 0. The van der Waals surface area contributed by atoms with E-state index in [2.05, 4.69) is 20.8 Å². The first-order valence-electron chi connectivity index (χ1n) is 9.28. The van der Waals surface area contributed by atoms with Crippen LogP contribution < -0.4 is 0 Å². The van der Waals surface area contributed by atoms with Crippen molar-refractivity contribution >= 4 is 5.78 Å². The Balaban J connectivity index is 1.69. The van der Waals surface area contributed by atoms with Gasteiger partial charge in [0, 0.05) is 6.42 Å². The van der Waals surface area contributed by atoms with Crippen molar-refractivity contribution in [3.8, 4) is 0 Å². The van der Waals surface area contributed by atoms with E-state index in [0.717, 1.165) is 31.1 Å². The summed E-state index contributed by atoms with van der Waals surface area (Å²) in [6, 6.07) is 0. The molecular formula is C20H30O2. The summed E-state index contributed by atoms with van der Waals surface area (Å²) in [7, 11) is 0. The molecule has 0 aromatic rings. The third-order valence-electron chi connectivity index (χ3n) is 8.24. The Kier molecular flexibility index (Phi) is 3.18. The number of carbonyl (C=O) groups excluding carboxylic acids is 1. The average Bonchev–Trinajstić information content (AvgIpc) is 2.72. The van der Waals surface area contributed by atoms with Gasteiger partial charge in [-0.3, -0.25) is 4.79 Å². The zero-order valence-corrected chi connectivity index (χ0v) is 14.3. The topological polar surface area (TPSA) is 37.3 Å². The lowest BCUT2D eigenvalue weighted by Gasteiger charge is -2.57. The maximum atomic E-state index is 11.8. The number of aliphatic hydroxyl groups is 1. The predicted molar refractivity (Wildman–Crippen MR) is 87.3 cm³/mol. The SMILES string of the molecule is C[C@@H]1C[C@H]2[C@@H]3CCC4=CC(=O)CC[C@]4(C)[C@H]3CC[C@]2(C)[C@H]1O. The van der Waals surface area contributed by atoms with Crippen molar-refractivity contribution < 1.29 is 9.90 Å². The van der Waals surface area contributed by atoms with E-state index in [4.69, 9.17) is 0 Å². The Morgan fingerprint density at radius 2 is 1.91 bits per heavy atom. The van der Waals surface area contributed by atoms with Crippen LogP contribution in [0.5, 0.6) is 0 Å². The van der Waals surface area contributed by atoms with Crippen LogP contribution in [0.2, 0.25) is 0 Å². The number of aliphatic hydroxyl groups excluding tert-OH is 1. The lowest BCUT2D eigenvalue weighted by Crippen LogP contribution is -2.51. The maximum absolute atomic E-state index is 11.8. The summed E-state index contributed by atoms with van der Waals surface area (Å²) in [6.07, 6.45) is 9.62. The van der Waals surface area contributed by atoms with E-state index in [9.17, 15) is 9.90 Å². The number of ketones is 1. The molecule has 0 unspecified atom stereocenters. The molecule has 3 saturated carbocycles. The quantitative estimate of drug-likeness (QED) is 0.730. The van der Waals surface area contributed by atoms with Crippen LogP contribution in [0.1, 0.15) is 65.7 Å². The molecule has 7 atom stereocenters. The van der Waals surface area contributed by atoms with Crippen molar-refractivity contribution in [2.75, 3.05) is 0 Å². The van der Waals surface area contributed by atoms with Gasteiger partial charge in [0.05, 0.1) is 6.10 Å². The van der Waals surface area contributed by atoms with Crippen molar-refractivity contribution in [1.82, 2.24) is 0 Å². The number of hydrogen-bond donors (Lipinski definition) is 1. The van der Waals surface area contributed by atoms with Gasteiger partial charge in [0.15, 0.2) is 5.78 Å². The van der Waals surface area contributed by atoms with Gasteiger partial charge >= 0.3 is 0 Å². The Morgan fingerprint density at radius 3 is 2.68 bits per heavy atom. The molecule has 3 fully saturated rings. The van der Waals surface area contributed by atoms with Gasteiger partial charge in [-0.15, -0.1) is 0 Å². The minimum Gasteiger partial charge on any atom is -0.392 e. The minimum atomic E-state index is -0.115. The molecule has 2 nitrogen and oxygen atoms in total. The lowest BCUT2D eigenvalue weighted by molar-refractivity contribution is -0.118. The Bertz CT molecular complexity index is 536. The van der Waals surface area contributed by atoms with Crippen molar-refractivity contribution in [2.45, 2.75) is 71.8 Å². The molecule has 0 heterocycles. The fourth-order valence-corrected chi connectivity index (χ4v) is 6.90. The smallest absolute Gasteiger partial charge is 0.155 e. The van der Waals surface area contributed by atoms with Crippen LogP contribution >= 0.6 is 0 Å². The lowest BCUT2D eigenvalue weighted by atomic mass is 9.47. The molecule has 22 heavy (non-hydrogen) atoms. The minimum absolute atomic E-state index is 0.115. The van der Waals surface area contributed by atoms with E-state index in [1.165, 1.54) is 31.3 Å². The molecule has 0 aromatic carbocycles. The second-order valence-electron chi connectivity index (χ2n) is 9.17. The van der Waals surface area contributed by atoms with E-state index in [0.29, 0.717) is 17.6 Å². The Labute approximate surface area is 134 Å². The zero-order valence-electron chi connectivity index (χ0n) is 14.3. The van der Waals surface area contributed by atoms with Crippen LogP contribution in [0.4, 0.5) is 0 Å². The van der Waals surface area contributed by atoms with Crippen LogP contribution in [0.15, 0.2) is 11.6 Å². The molecule has 0 aromatic heterocycles. The molecule has 0 amide bonds. The average molecular weight is 302 g/mol. The number of fused-ring (bicyclic) bond motifs is 5. The molecule has 0 radical (unpaired) electrons. The highest BCUT2D eigenvalue weighted by atomic mass is 16.3. The van der Waals surface area contributed by atoms with Crippen molar-refractivity contribution in [3.63, 3.8) is 0 Å². The first-order chi connectivity index (χ1) is 10.4. The van der Waals surface area contributed by atoms with E-state index in [1.54, 1.807) is 0 Å². The first-order valence-corrected chi connectivity index (χ1v) is 9.28. The maximum Gasteiger partial charge on any atom is 0.155 e. The standard InChI is InChI=1S/C20H30O2/c1-12-10-17-15-5-4-13-11-14(21)6-8-19(13,2)16(15)7-9-20(17,3)18(12)22/h11-12,15-18,22H,4-10H2,1-3H3/t12-,15-,16+,17+,18+,19+,20+/m1/s1. The van der Waals surface area contributed by atoms with Crippen LogP contribution in [0, 0.1) is 34.5 Å². The molecule has 4 aliphatic carbocycles. The van der Waals surface area contributed by atoms with Crippen LogP contribution in [0.25, 0.3) is 0 Å². The van der Waals surface area contributed by atoms with E-state index < -0.39 is 0 Å². The van der Waals surface area contributed by atoms with Crippen LogP contribution in [-0.4, -0.2) is 17.0 Å². The highest BCUT2D eigenvalue weighted by Gasteiger charge is 2.60. The number of allylic oxidation sites excluding steroid dienone is 1. The van der Waals surface area contributed by atoms with Gasteiger partial charge in [-0.1, -0.05) is 26.3 Å². The normalized spacial score (nSPS) is 54.3. The molecule has 0 bridgehead atoms. The van der Waals surface area contributed by atoms with Gasteiger partial charge in [-0.05, 0) is 79.1 Å². The Hall–Kier alpha value is -0.630. The van der Waals surface area contributed by atoms with E-state index in [-0.39, 0.29) is 16.9 Å². The summed E-state index contributed by atoms with van der Waals surface area (Å²) in [5.74, 6) is 2.97. The number of carbonyl (C=O) groups is 1. The largest absolute Gasteiger partial charge is 0.392 e. The second kappa shape index (κ2) is 4.69. The predicted octanol–water partition coefficient (Wildman–Crippen LogP) is 4.13. The molecule has 1 N–H and O–H groups in total. The molecule has 122 valence electrons. The summed E-state index contributed by atoms with van der Waals surface area (Å²) in [4.78, 5) is 11.8. The van der Waals surface area contributed by atoms with Crippen LogP contribution in [-0.2, 0) is 4.79 Å². The van der Waals surface area contributed by atoms with Gasteiger partial charge in [-0.2, -0.15) is 0 Å². The fourth-order valence-electron chi connectivity index (χ4n) is 6.90. The summed E-state index contributed by atoms with van der Waals surface area (Å²) >= 11 is 0.